The standard InChI is InChI=1S/C9H19NO.ClH/c1-7(2)10-6-8-4-3-5-9(8)11;/h7-11H,3-6H2,1-2H3;1H/t8-,9-;/m0./s1. The summed E-state index contributed by atoms with van der Waals surface area (Å²) < 4.78 is 0. The summed E-state index contributed by atoms with van der Waals surface area (Å²) in [6.45, 7) is 5.27. The van der Waals surface area contributed by atoms with E-state index in [0.717, 1.165) is 13.0 Å². The van der Waals surface area contributed by atoms with Gasteiger partial charge in [-0.15, -0.1) is 12.4 Å². The number of aliphatic hydroxyl groups is 1. The number of nitrogens with one attached hydrogen (secondary N) is 1. The van der Waals surface area contributed by atoms with E-state index in [9.17, 15) is 5.11 Å². The molecule has 0 spiro atoms. The highest BCUT2D eigenvalue weighted by Gasteiger charge is 2.24. The lowest BCUT2D eigenvalue weighted by molar-refractivity contribution is 0.130. The van der Waals surface area contributed by atoms with Crippen LogP contribution in [0.25, 0.3) is 0 Å². The fourth-order valence-electron chi connectivity index (χ4n) is 1.64. The summed E-state index contributed by atoms with van der Waals surface area (Å²) >= 11 is 0. The minimum absolute atomic E-state index is 0. The molecule has 0 aromatic heterocycles. The molecule has 0 amide bonds. The normalized spacial score (nSPS) is 29.0. The first-order chi connectivity index (χ1) is 5.20. The van der Waals surface area contributed by atoms with Gasteiger partial charge in [-0.3, -0.25) is 0 Å². The van der Waals surface area contributed by atoms with Gasteiger partial charge in [0.15, 0.2) is 0 Å². The molecule has 1 rings (SSSR count). The number of aliphatic hydroxyl groups excluding tert-OH is 1. The highest BCUT2D eigenvalue weighted by atomic mass is 35.5. The summed E-state index contributed by atoms with van der Waals surface area (Å²) in [7, 11) is 0. The summed E-state index contributed by atoms with van der Waals surface area (Å²) in [5, 5.41) is 12.8. The van der Waals surface area contributed by atoms with Gasteiger partial charge < -0.3 is 10.4 Å². The third kappa shape index (κ3) is 3.74. The lowest BCUT2D eigenvalue weighted by Crippen LogP contribution is -2.32. The molecule has 1 aliphatic rings. The minimum atomic E-state index is -0.0405. The summed E-state index contributed by atoms with van der Waals surface area (Å²) in [4.78, 5) is 0. The van der Waals surface area contributed by atoms with Gasteiger partial charge in [-0.1, -0.05) is 20.3 Å². The topological polar surface area (TPSA) is 32.3 Å². The Labute approximate surface area is 81.2 Å². The van der Waals surface area contributed by atoms with E-state index < -0.39 is 0 Å². The van der Waals surface area contributed by atoms with Gasteiger partial charge in [0.2, 0.25) is 0 Å². The van der Waals surface area contributed by atoms with Crippen molar-refractivity contribution in [3.8, 4) is 0 Å². The van der Waals surface area contributed by atoms with Crippen LogP contribution in [0.4, 0.5) is 0 Å². The summed E-state index contributed by atoms with van der Waals surface area (Å²) in [5.41, 5.74) is 0. The van der Waals surface area contributed by atoms with Gasteiger partial charge in [0, 0.05) is 12.6 Å². The van der Waals surface area contributed by atoms with Gasteiger partial charge in [0.05, 0.1) is 6.10 Å². The Kier molecular flexibility index (Phi) is 5.89. The van der Waals surface area contributed by atoms with Crippen molar-refractivity contribution in [2.75, 3.05) is 6.54 Å². The van der Waals surface area contributed by atoms with Crippen LogP contribution >= 0.6 is 12.4 Å². The average molecular weight is 194 g/mol. The first-order valence-corrected chi connectivity index (χ1v) is 4.61. The van der Waals surface area contributed by atoms with Gasteiger partial charge in [0.25, 0.3) is 0 Å². The molecule has 1 saturated carbocycles. The van der Waals surface area contributed by atoms with Crippen molar-refractivity contribution in [1.82, 2.24) is 5.32 Å². The number of halogens is 1. The van der Waals surface area contributed by atoms with Crippen LogP contribution in [0.5, 0.6) is 0 Å². The molecular weight excluding hydrogens is 174 g/mol. The molecule has 2 nitrogen and oxygen atoms in total. The molecule has 0 saturated heterocycles. The van der Waals surface area contributed by atoms with Crippen LogP contribution in [0.3, 0.4) is 0 Å². The van der Waals surface area contributed by atoms with Gasteiger partial charge in [-0.05, 0) is 18.8 Å². The van der Waals surface area contributed by atoms with Crippen molar-refractivity contribution < 1.29 is 5.11 Å². The van der Waals surface area contributed by atoms with Crippen LogP contribution in [0.1, 0.15) is 33.1 Å². The lowest BCUT2D eigenvalue weighted by Gasteiger charge is -2.16. The maximum absolute atomic E-state index is 9.46. The van der Waals surface area contributed by atoms with E-state index in [2.05, 4.69) is 19.2 Å². The van der Waals surface area contributed by atoms with E-state index in [1.165, 1.54) is 12.8 Å². The van der Waals surface area contributed by atoms with E-state index in [0.29, 0.717) is 12.0 Å². The smallest absolute Gasteiger partial charge is 0.0580 e. The maximum Gasteiger partial charge on any atom is 0.0580 e. The van der Waals surface area contributed by atoms with Crippen LogP contribution in [-0.2, 0) is 0 Å². The Balaban J connectivity index is 0.00000121. The monoisotopic (exact) mass is 193 g/mol. The third-order valence-electron chi connectivity index (χ3n) is 2.41. The Bertz CT molecular complexity index is 119. The van der Waals surface area contributed by atoms with Crippen molar-refractivity contribution >= 4 is 12.4 Å². The molecule has 0 aliphatic heterocycles. The molecule has 1 aliphatic carbocycles. The molecule has 0 bridgehead atoms. The molecule has 1 fully saturated rings. The molecule has 74 valence electrons. The molecule has 0 aromatic carbocycles. The second kappa shape index (κ2) is 5.79. The SMILES string of the molecule is CC(C)NC[C@@H]1CCC[C@@H]1O.Cl. The molecule has 3 heteroatoms. The first-order valence-electron chi connectivity index (χ1n) is 4.61. The van der Waals surface area contributed by atoms with Crippen LogP contribution < -0.4 is 5.32 Å². The molecule has 12 heavy (non-hydrogen) atoms. The number of rotatable bonds is 3. The highest BCUT2D eigenvalue weighted by molar-refractivity contribution is 5.85. The van der Waals surface area contributed by atoms with Crippen molar-refractivity contribution in [1.29, 1.82) is 0 Å². The zero-order valence-corrected chi connectivity index (χ0v) is 8.73. The quantitative estimate of drug-likeness (QED) is 0.713. The molecule has 0 aromatic rings. The molecule has 0 radical (unpaired) electrons. The van der Waals surface area contributed by atoms with Gasteiger partial charge in [-0.2, -0.15) is 0 Å². The predicted octanol–water partition coefficient (Wildman–Crippen LogP) is 1.57. The van der Waals surface area contributed by atoms with E-state index in [1.54, 1.807) is 0 Å². The molecule has 0 unspecified atom stereocenters. The van der Waals surface area contributed by atoms with E-state index in [-0.39, 0.29) is 18.5 Å². The van der Waals surface area contributed by atoms with Gasteiger partial charge >= 0.3 is 0 Å². The maximum atomic E-state index is 9.46. The molecule has 0 heterocycles. The molecule has 2 N–H and O–H groups in total. The zero-order valence-electron chi connectivity index (χ0n) is 7.92. The van der Waals surface area contributed by atoms with Crippen LogP contribution in [0.15, 0.2) is 0 Å². The second-order valence-electron chi connectivity index (χ2n) is 3.82. The number of hydrogen-bond acceptors (Lipinski definition) is 2. The third-order valence-corrected chi connectivity index (χ3v) is 2.41. The Hall–Kier alpha value is 0.210. The van der Waals surface area contributed by atoms with Crippen molar-refractivity contribution in [2.24, 2.45) is 5.92 Å². The van der Waals surface area contributed by atoms with Crippen LogP contribution in [-0.4, -0.2) is 23.8 Å². The highest BCUT2D eigenvalue weighted by Crippen LogP contribution is 2.24. The minimum Gasteiger partial charge on any atom is -0.393 e. The number of hydrogen-bond donors (Lipinski definition) is 2. The molecular formula is C9H20ClNO. The lowest BCUT2D eigenvalue weighted by atomic mass is 10.1. The summed E-state index contributed by atoms with van der Waals surface area (Å²) in [6, 6.07) is 0.544. The Morgan fingerprint density at radius 3 is 2.50 bits per heavy atom. The first kappa shape index (κ1) is 12.2. The van der Waals surface area contributed by atoms with E-state index in [4.69, 9.17) is 0 Å². The summed E-state index contributed by atoms with van der Waals surface area (Å²) in [5.74, 6) is 0.511. The van der Waals surface area contributed by atoms with E-state index in [1.807, 2.05) is 0 Å². The fourth-order valence-corrected chi connectivity index (χ4v) is 1.64. The molecule has 2 atom stereocenters. The van der Waals surface area contributed by atoms with Crippen LogP contribution in [0, 0.1) is 5.92 Å². The Morgan fingerprint density at radius 2 is 2.08 bits per heavy atom. The van der Waals surface area contributed by atoms with E-state index >= 15 is 0 Å². The largest absolute Gasteiger partial charge is 0.393 e. The van der Waals surface area contributed by atoms with Gasteiger partial charge in [-0.25, -0.2) is 0 Å². The van der Waals surface area contributed by atoms with Gasteiger partial charge in [0.1, 0.15) is 0 Å². The average Bonchev–Trinajstić information content (AvgIpc) is 2.31. The predicted molar refractivity (Wildman–Crippen MR) is 53.7 cm³/mol. The van der Waals surface area contributed by atoms with Crippen molar-refractivity contribution in [2.45, 2.75) is 45.3 Å². The van der Waals surface area contributed by atoms with Crippen LogP contribution in [0.2, 0.25) is 0 Å². The fraction of sp³-hybridized carbons (Fsp3) is 1.00. The van der Waals surface area contributed by atoms with Crippen molar-refractivity contribution in [3.05, 3.63) is 0 Å². The summed E-state index contributed by atoms with van der Waals surface area (Å²) in [6.07, 6.45) is 3.36. The zero-order chi connectivity index (χ0) is 8.27. The van der Waals surface area contributed by atoms with Crippen molar-refractivity contribution in [3.63, 3.8) is 0 Å². The Morgan fingerprint density at radius 1 is 1.42 bits per heavy atom. The second-order valence-corrected chi connectivity index (χ2v) is 3.82.